The molecule has 0 aliphatic carbocycles. The Morgan fingerprint density at radius 1 is 1.36 bits per heavy atom. The summed E-state index contributed by atoms with van der Waals surface area (Å²) in [5.74, 6) is 1.11. The van der Waals surface area contributed by atoms with Crippen molar-refractivity contribution in [3.63, 3.8) is 0 Å². The van der Waals surface area contributed by atoms with E-state index in [1.165, 1.54) is 5.56 Å². The van der Waals surface area contributed by atoms with Crippen LogP contribution in [0.3, 0.4) is 0 Å². The summed E-state index contributed by atoms with van der Waals surface area (Å²) >= 11 is 5.94. The van der Waals surface area contributed by atoms with Gasteiger partial charge < -0.3 is 5.73 Å². The van der Waals surface area contributed by atoms with Gasteiger partial charge in [-0.25, -0.2) is 0 Å². The number of hydrogen-bond donors (Lipinski definition) is 1. The molecule has 1 rings (SSSR count). The molecule has 0 bridgehead atoms. The molecule has 0 aliphatic heterocycles. The zero-order valence-corrected chi connectivity index (χ0v) is 9.59. The third kappa shape index (κ3) is 3.32. The van der Waals surface area contributed by atoms with Crippen LogP contribution in [0.2, 0.25) is 5.02 Å². The molecule has 1 aromatic rings. The van der Waals surface area contributed by atoms with E-state index in [2.05, 4.69) is 19.9 Å². The van der Waals surface area contributed by atoms with Crippen LogP contribution in [0.25, 0.3) is 0 Å². The number of benzene rings is 1. The summed E-state index contributed by atoms with van der Waals surface area (Å²) in [6.07, 6.45) is 1.12. The lowest BCUT2D eigenvalue weighted by atomic mass is 9.90. The Bertz CT molecular complexity index is 283. The van der Waals surface area contributed by atoms with Gasteiger partial charge in [0, 0.05) is 5.02 Å². The Hall–Kier alpha value is -0.530. The zero-order chi connectivity index (χ0) is 10.6. The first kappa shape index (κ1) is 11.5. The van der Waals surface area contributed by atoms with Gasteiger partial charge in [-0.15, -0.1) is 0 Å². The molecule has 0 unspecified atom stereocenters. The topological polar surface area (TPSA) is 26.0 Å². The third-order valence-corrected chi connectivity index (χ3v) is 2.60. The average molecular weight is 212 g/mol. The highest BCUT2D eigenvalue weighted by molar-refractivity contribution is 6.30. The van der Waals surface area contributed by atoms with Gasteiger partial charge in [0.15, 0.2) is 0 Å². The standard InChI is InChI=1S/C12H18ClN/c1-9(2)6-11(8-14)10-4-3-5-12(13)7-10/h3-5,7,9,11H,6,8,14H2,1-2H3/t11-/m0/s1. The molecule has 2 heteroatoms. The van der Waals surface area contributed by atoms with Crippen molar-refractivity contribution in [2.45, 2.75) is 26.2 Å². The Labute approximate surface area is 91.3 Å². The molecule has 2 N–H and O–H groups in total. The summed E-state index contributed by atoms with van der Waals surface area (Å²) in [5, 5.41) is 0.796. The molecule has 0 heterocycles. The van der Waals surface area contributed by atoms with Crippen molar-refractivity contribution in [3.05, 3.63) is 34.9 Å². The van der Waals surface area contributed by atoms with Crippen molar-refractivity contribution in [1.29, 1.82) is 0 Å². The highest BCUT2D eigenvalue weighted by Crippen LogP contribution is 2.24. The molecule has 0 spiro atoms. The smallest absolute Gasteiger partial charge is 0.0408 e. The van der Waals surface area contributed by atoms with Gasteiger partial charge >= 0.3 is 0 Å². The van der Waals surface area contributed by atoms with E-state index in [9.17, 15) is 0 Å². The lowest BCUT2D eigenvalue weighted by Gasteiger charge is -2.17. The zero-order valence-electron chi connectivity index (χ0n) is 8.83. The van der Waals surface area contributed by atoms with Gasteiger partial charge in [0.2, 0.25) is 0 Å². The van der Waals surface area contributed by atoms with Crippen LogP contribution < -0.4 is 5.73 Å². The van der Waals surface area contributed by atoms with Crippen LogP contribution in [0.1, 0.15) is 31.7 Å². The summed E-state index contributed by atoms with van der Waals surface area (Å²) in [6.45, 7) is 5.12. The van der Waals surface area contributed by atoms with Crippen LogP contribution in [0, 0.1) is 5.92 Å². The highest BCUT2D eigenvalue weighted by atomic mass is 35.5. The fourth-order valence-corrected chi connectivity index (χ4v) is 1.90. The van der Waals surface area contributed by atoms with Crippen molar-refractivity contribution in [1.82, 2.24) is 0 Å². The van der Waals surface area contributed by atoms with E-state index in [4.69, 9.17) is 17.3 Å². The number of halogens is 1. The van der Waals surface area contributed by atoms with Crippen LogP contribution in [0.4, 0.5) is 0 Å². The minimum Gasteiger partial charge on any atom is -0.330 e. The van der Waals surface area contributed by atoms with Crippen LogP contribution in [-0.2, 0) is 0 Å². The lowest BCUT2D eigenvalue weighted by molar-refractivity contribution is 0.504. The lowest BCUT2D eigenvalue weighted by Crippen LogP contribution is -2.14. The van der Waals surface area contributed by atoms with Crippen molar-refractivity contribution in [2.75, 3.05) is 6.54 Å². The molecule has 0 amide bonds. The Kier molecular flexibility index (Phi) is 4.43. The van der Waals surface area contributed by atoms with Crippen LogP contribution in [0.5, 0.6) is 0 Å². The van der Waals surface area contributed by atoms with Crippen LogP contribution in [0.15, 0.2) is 24.3 Å². The van der Waals surface area contributed by atoms with Crippen molar-refractivity contribution in [2.24, 2.45) is 11.7 Å². The van der Waals surface area contributed by atoms with E-state index < -0.39 is 0 Å². The number of hydrogen-bond acceptors (Lipinski definition) is 1. The third-order valence-electron chi connectivity index (χ3n) is 2.36. The molecular formula is C12H18ClN. The maximum atomic E-state index is 5.94. The van der Waals surface area contributed by atoms with Gasteiger partial charge in [-0.2, -0.15) is 0 Å². The maximum absolute atomic E-state index is 5.94. The van der Waals surface area contributed by atoms with Gasteiger partial charge in [0.25, 0.3) is 0 Å². The summed E-state index contributed by atoms with van der Waals surface area (Å²) in [6, 6.07) is 8.00. The van der Waals surface area contributed by atoms with Gasteiger partial charge in [-0.1, -0.05) is 37.6 Å². The van der Waals surface area contributed by atoms with Crippen molar-refractivity contribution < 1.29 is 0 Å². The second-order valence-electron chi connectivity index (χ2n) is 4.12. The molecule has 0 saturated carbocycles. The predicted octanol–water partition coefficient (Wildman–Crippen LogP) is 3.43. The van der Waals surface area contributed by atoms with Gasteiger partial charge in [0.05, 0.1) is 0 Å². The minimum atomic E-state index is 0.439. The van der Waals surface area contributed by atoms with Gasteiger partial charge in [-0.3, -0.25) is 0 Å². The van der Waals surface area contributed by atoms with Crippen molar-refractivity contribution >= 4 is 11.6 Å². The quantitative estimate of drug-likeness (QED) is 0.812. The fraction of sp³-hybridized carbons (Fsp3) is 0.500. The Balaban J connectivity index is 2.78. The molecule has 0 aliphatic rings. The molecule has 14 heavy (non-hydrogen) atoms. The van der Waals surface area contributed by atoms with E-state index in [1.54, 1.807) is 0 Å². The molecule has 0 fully saturated rings. The molecule has 1 nitrogen and oxygen atoms in total. The second kappa shape index (κ2) is 5.38. The fourth-order valence-electron chi connectivity index (χ4n) is 1.70. The van der Waals surface area contributed by atoms with E-state index in [0.29, 0.717) is 18.4 Å². The van der Waals surface area contributed by atoms with E-state index in [1.807, 2.05) is 18.2 Å². The molecule has 78 valence electrons. The molecule has 1 aromatic carbocycles. The summed E-state index contributed by atoms with van der Waals surface area (Å²) in [5.41, 5.74) is 7.02. The molecule has 0 saturated heterocycles. The first-order valence-corrected chi connectivity index (χ1v) is 5.46. The average Bonchev–Trinajstić information content (AvgIpc) is 2.14. The monoisotopic (exact) mass is 211 g/mol. The summed E-state index contributed by atoms with van der Waals surface area (Å²) in [4.78, 5) is 0. The summed E-state index contributed by atoms with van der Waals surface area (Å²) in [7, 11) is 0. The molecular weight excluding hydrogens is 194 g/mol. The number of nitrogens with two attached hydrogens (primary N) is 1. The van der Waals surface area contributed by atoms with E-state index >= 15 is 0 Å². The van der Waals surface area contributed by atoms with Crippen LogP contribution >= 0.6 is 11.6 Å². The maximum Gasteiger partial charge on any atom is 0.0408 e. The normalized spacial score (nSPS) is 13.2. The van der Waals surface area contributed by atoms with Gasteiger partial charge in [-0.05, 0) is 42.5 Å². The predicted molar refractivity (Wildman–Crippen MR) is 62.7 cm³/mol. The molecule has 1 atom stereocenters. The first-order valence-electron chi connectivity index (χ1n) is 5.09. The second-order valence-corrected chi connectivity index (χ2v) is 4.55. The molecule has 0 aromatic heterocycles. The first-order chi connectivity index (χ1) is 6.63. The SMILES string of the molecule is CC(C)C[C@@H](CN)c1cccc(Cl)c1. The van der Waals surface area contributed by atoms with Crippen LogP contribution in [-0.4, -0.2) is 6.54 Å². The molecule has 0 radical (unpaired) electrons. The Morgan fingerprint density at radius 3 is 2.57 bits per heavy atom. The largest absolute Gasteiger partial charge is 0.330 e. The number of rotatable bonds is 4. The summed E-state index contributed by atoms with van der Waals surface area (Å²) < 4.78 is 0. The van der Waals surface area contributed by atoms with Crippen molar-refractivity contribution in [3.8, 4) is 0 Å². The van der Waals surface area contributed by atoms with E-state index in [0.717, 1.165) is 11.4 Å². The van der Waals surface area contributed by atoms with E-state index in [-0.39, 0.29) is 0 Å². The van der Waals surface area contributed by atoms with Gasteiger partial charge in [0.1, 0.15) is 0 Å². The Morgan fingerprint density at radius 2 is 2.07 bits per heavy atom. The minimum absolute atomic E-state index is 0.439. The highest BCUT2D eigenvalue weighted by Gasteiger charge is 2.11.